The molecular formula is C11H18N2. The van der Waals surface area contributed by atoms with E-state index in [4.69, 9.17) is 5.26 Å². The van der Waals surface area contributed by atoms with Crippen LogP contribution < -0.4 is 5.32 Å². The Morgan fingerprint density at radius 2 is 2.15 bits per heavy atom. The molecule has 0 radical (unpaired) electrons. The van der Waals surface area contributed by atoms with Crippen molar-refractivity contribution in [3.05, 3.63) is 0 Å². The minimum atomic E-state index is 0.0413. The van der Waals surface area contributed by atoms with Crippen LogP contribution in [0.15, 0.2) is 0 Å². The Bertz CT molecular complexity index is 209. The van der Waals surface area contributed by atoms with Gasteiger partial charge < -0.3 is 5.32 Å². The lowest BCUT2D eigenvalue weighted by Gasteiger charge is -2.25. The molecular weight excluding hydrogens is 160 g/mol. The van der Waals surface area contributed by atoms with Gasteiger partial charge in [-0.05, 0) is 31.7 Å². The van der Waals surface area contributed by atoms with E-state index in [9.17, 15) is 0 Å². The van der Waals surface area contributed by atoms with Crippen molar-refractivity contribution >= 4 is 0 Å². The normalized spacial score (nSPS) is 24.8. The van der Waals surface area contributed by atoms with Gasteiger partial charge in [0.15, 0.2) is 0 Å². The molecule has 2 nitrogen and oxygen atoms in total. The number of rotatable bonds is 5. The predicted molar refractivity (Wildman–Crippen MR) is 52.1 cm³/mol. The smallest absolute Gasteiger partial charge is 0.0703 e. The molecule has 0 aromatic rings. The Kier molecular flexibility index (Phi) is 2.55. The van der Waals surface area contributed by atoms with Crippen LogP contribution >= 0.6 is 0 Å². The zero-order valence-corrected chi connectivity index (χ0v) is 8.18. The molecule has 72 valence electrons. The second-order valence-electron chi connectivity index (χ2n) is 4.65. The molecule has 0 saturated heterocycles. The second-order valence-corrected chi connectivity index (χ2v) is 4.65. The van der Waals surface area contributed by atoms with Crippen LogP contribution in [0.5, 0.6) is 0 Å². The first-order chi connectivity index (χ1) is 6.35. The van der Waals surface area contributed by atoms with Crippen LogP contribution in [0.4, 0.5) is 0 Å². The lowest BCUT2D eigenvalue weighted by atomic mass is 9.83. The van der Waals surface area contributed by atoms with Crippen molar-refractivity contribution in [3.8, 4) is 6.07 Å². The number of nitrogens with zero attached hydrogens (tertiary/aromatic N) is 1. The Hall–Kier alpha value is -0.550. The second kappa shape index (κ2) is 3.67. The standard InChI is InChI=1S/C11H18N2/c12-8-11(5-6-11)9-13-7-4-10-2-1-3-10/h10,13H,1-7,9H2. The van der Waals surface area contributed by atoms with Gasteiger partial charge in [-0.15, -0.1) is 0 Å². The van der Waals surface area contributed by atoms with Gasteiger partial charge >= 0.3 is 0 Å². The topological polar surface area (TPSA) is 35.8 Å². The zero-order valence-electron chi connectivity index (χ0n) is 8.18. The van der Waals surface area contributed by atoms with Gasteiger partial charge in [-0.3, -0.25) is 0 Å². The monoisotopic (exact) mass is 178 g/mol. The highest BCUT2D eigenvalue weighted by molar-refractivity contribution is 5.10. The van der Waals surface area contributed by atoms with Crippen LogP contribution in [0.2, 0.25) is 0 Å². The van der Waals surface area contributed by atoms with Crippen LogP contribution in [0, 0.1) is 22.7 Å². The molecule has 0 spiro atoms. The van der Waals surface area contributed by atoms with Crippen LogP contribution in [0.3, 0.4) is 0 Å². The summed E-state index contributed by atoms with van der Waals surface area (Å²) < 4.78 is 0. The van der Waals surface area contributed by atoms with Gasteiger partial charge in [0.25, 0.3) is 0 Å². The van der Waals surface area contributed by atoms with E-state index in [1.54, 1.807) is 0 Å². The Morgan fingerprint density at radius 1 is 1.38 bits per heavy atom. The highest BCUT2D eigenvalue weighted by atomic mass is 14.9. The Morgan fingerprint density at radius 3 is 2.62 bits per heavy atom. The van der Waals surface area contributed by atoms with E-state index in [1.165, 1.54) is 25.7 Å². The highest BCUT2D eigenvalue weighted by Crippen LogP contribution is 2.44. The molecule has 2 saturated carbocycles. The number of nitrogens with one attached hydrogen (secondary N) is 1. The van der Waals surface area contributed by atoms with Crippen molar-refractivity contribution in [2.24, 2.45) is 11.3 Å². The number of hydrogen-bond donors (Lipinski definition) is 1. The fourth-order valence-electron chi connectivity index (χ4n) is 1.89. The largest absolute Gasteiger partial charge is 0.315 e. The van der Waals surface area contributed by atoms with Gasteiger partial charge in [0.05, 0.1) is 11.5 Å². The third-order valence-corrected chi connectivity index (χ3v) is 3.51. The molecule has 2 heteroatoms. The van der Waals surface area contributed by atoms with Crippen molar-refractivity contribution < 1.29 is 0 Å². The Balaban J connectivity index is 1.51. The molecule has 13 heavy (non-hydrogen) atoms. The third kappa shape index (κ3) is 2.22. The summed E-state index contributed by atoms with van der Waals surface area (Å²) in [5.41, 5.74) is 0.0413. The fraction of sp³-hybridized carbons (Fsp3) is 0.909. The summed E-state index contributed by atoms with van der Waals surface area (Å²) in [5.74, 6) is 0.990. The van der Waals surface area contributed by atoms with Crippen molar-refractivity contribution in [1.29, 1.82) is 5.26 Å². The molecule has 0 aliphatic heterocycles. The summed E-state index contributed by atoms with van der Waals surface area (Å²) in [5, 5.41) is 12.2. The fourth-order valence-corrected chi connectivity index (χ4v) is 1.89. The van der Waals surface area contributed by atoms with Crippen LogP contribution in [0.25, 0.3) is 0 Å². The van der Waals surface area contributed by atoms with Gasteiger partial charge in [-0.25, -0.2) is 0 Å². The molecule has 0 amide bonds. The number of hydrogen-bond acceptors (Lipinski definition) is 2. The lowest BCUT2D eigenvalue weighted by molar-refractivity contribution is 0.290. The van der Waals surface area contributed by atoms with Crippen molar-refractivity contribution in [2.75, 3.05) is 13.1 Å². The first-order valence-electron chi connectivity index (χ1n) is 5.47. The van der Waals surface area contributed by atoms with Gasteiger partial charge in [0.2, 0.25) is 0 Å². The maximum absolute atomic E-state index is 8.83. The maximum atomic E-state index is 8.83. The summed E-state index contributed by atoms with van der Waals surface area (Å²) in [6, 6.07) is 2.41. The summed E-state index contributed by atoms with van der Waals surface area (Å²) in [4.78, 5) is 0. The first-order valence-corrected chi connectivity index (χ1v) is 5.47. The molecule has 1 N–H and O–H groups in total. The van der Waals surface area contributed by atoms with Gasteiger partial charge in [-0.1, -0.05) is 19.3 Å². The molecule has 0 atom stereocenters. The molecule has 0 aromatic carbocycles. The number of nitriles is 1. The molecule has 2 aliphatic carbocycles. The molecule has 2 aliphatic rings. The van der Waals surface area contributed by atoms with E-state index in [0.717, 1.165) is 31.8 Å². The average molecular weight is 178 g/mol. The minimum absolute atomic E-state index is 0.0413. The van der Waals surface area contributed by atoms with E-state index in [1.807, 2.05) is 0 Å². The van der Waals surface area contributed by atoms with E-state index < -0.39 is 0 Å². The SMILES string of the molecule is N#CC1(CNCCC2CCC2)CC1. The summed E-state index contributed by atoms with van der Waals surface area (Å²) in [7, 11) is 0. The van der Waals surface area contributed by atoms with Gasteiger partial charge in [-0.2, -0.15) is 5.26 Å². The van der Waals surface area contributed by atoms with Crippen LogP contribution in [-0.4, -0.2) is 13.1 Å². The predicted octanol–water partition coefficient (Wildman–Crippen LogP) is 2.07. The molecule has 0 bridgehead atoms. The third-order valence-electron chi connectivity index (χ3n) is 3.51. The van der Waals surface area contributed by atoms with E-state index >= 15 is 0 Å². The summed E-state index contributed by atoms with van der Waals surface area (Å²) in [6.07, 6.45) is 7.85. The van der Waals surface area contributed by atoms with Crippen molar-refractivity contribution in [2.45, 2.75) is 38.5 Å². The average Bonchev–Trinajstić information content (AvgIpc) is 2.82. The zero-order chi connectivity index (χ0) is 9.15. The molecule has 2 fully saturated rings. The van der Waals surface area contributed by atoms with E-state index in [-0.39, 0.29) is 5.41 Å². The molecule has 0 unspecified atom stereocenters. The summed E-state index contributed by atoms with van der Waals surface area (Å²) >= 11 is 0. The van der Waals surface area contributed by atoms with Gasteiger partial charge in [0.1, 0.15) is 0 Å². The van der Waals surface area contributed by atoms with Gasteiger partial charge in [0, 0.05) is 6.54 Å². The molecule has 0 aromatic heterocycles. The molecule has 2 rings (SSSR count). The molecule has 0 heterocycles. The van der Waals surface area contributed by atoms with Crippen LogP contribution in [0.1, 0.15) is 38.5 Å². The van der Waals surface area contributed by atoms with Crippen molar-refractivity contribution in [3.63, 3.8) is 0 Å². The maximum Gasteiger partial charge on any atom is 0.0703 e. The lowest BCUT2D eigenvalue weighted by Crippen LogP contribution is -2.26. The minimum Gasteiger partial charge on any atom is -0.315 e. The highest BCUT2D eigenvalue weighted by Gasteiger charge is 2.42. The summed E-state index contributed by atoms with van der Waals surface area (Å²) in [6.45, 7) is 2.05. The van der Waals surface area contributed by atoms with Crippen molar-refractivity contribution in [1.82, 2.24) is 5.32 Å². The Labute approximate surface area is 80.3 Å². The van der Waals surface area contributed by atoms with E-state index in [2.05, 4.69) is 11.4 Å². The first kappa shape index (κ1) is 9.02. The quantitative estimate of drug-likeness (QED) is 0.654. The van der Waals surface area contributed by atoms with Crippen LogP contribution in [-0.2, 0) is 0 Å². The van der Waals surface area contributed by atoms with E-state index in [0.29, 0.717) is 0 Å².